The first-order chi connectivity index (χ1) is 16.9. The molecule has 2 heterocycles. The van der Waals surface area contributed by atoms with Crippen molar-refractivity contribution in [3.8, 4) is 0 Å². The number of nitrogens with zero attached hydrogens (tertiary/aromatic N) is 1. The number of thiophene rings is 1. The van der Waals surface area contributed by atoms with E-state index in [1.807, 2.05) is 5.38 Å². The number of halogens is 1. The van der Waals surface area contributed by atoms with Crippen LogP contribution < -0.4 is 14.9 Å². The van der Waals surface area contributed by atoms with Crippen LogP contribution in [0.2, 0.25) is 5.02 Å². The standard InChI is InChI=1S/C26H28ClN3O3S2/c27-18-8-10-19(11-9-18)29-35(32,33)25-16-20(12-13-23(25)30-14-4-1-5-15-30)28-26(31)22-17-34-24-7-3-2-6-21(22)24/h8-13,16-17,29H,1-7,14-15H2,(H,28,31). The Morgan fingerprint density at radius 2 is 1.63 bits per heavy atom. The molecule has 0 saturated carbocycles. The van der Waals surface area contributed by atoms with Crippen LogP contribution in [0.5, 0.6) is 0 Å². The maximum atomic E-state index is 13.5. The number of nitrogens with one attached hydrogen (secondary N) is 2. The van der Waals surface area contributed by atoms with Crippen molar-refractivity contribution in [2.45, 2.75) is 49.8 Å². The number of amides is 1. The van der Waals surface area contributed by atoms with Crippen LogP contribution in [0.3, 0.4) is 0 Å². The van der Waals surface area contributed by atoms with Gasteiger partial charge in [0.2, 0.25) is 0 Å². The number of rotatable bonds is 6. The number of carbonyl (C=O) groups excluding carboxylic acids is 1. The molecule has 1 aromatic heterocycles. The Balaban J connectivity index is 1.47. The topological polar surface area (TPSA) is 78.5 Å². The van der Waals surface area contributed by atoms with E-state index in [1.54, 1.807) is 53.8 Å². The number of anilines is 3. The van der Waals surface area contributed by atoms with Gasteiger partial charge in [-0.25, -0.2) is 8.42 Å². The second kappa shape index (κ2) is 10.2. The Morgan fingerprint density at radius 1 is 0.914 bits per heavy atom. The number of carbonyl (C=O) groups is 1. The van der Waals surface area contributed by atoms with Crippen molar-refractivity contribution in [2.75, 3.05) is 28.0 Å². The first-order valence-electron chi connectivity index (χ1n) is 12.0. The average molecular weight is 530 g/mol. The summed E-state index contributed by atoms with van der Waals surface area (Å²) in [4.78, 5) is 16.7. The van der Waals surface area contributed by atoms with E-state index in [0.717, 1.165) is 63.6 Å². The molecule has 184 valence electrons. The predicted molar refractivity (Wildman–Crippen MR) is 144 cm³/mol. The quantitative estimate of drug-likeness (QED) is 0.391. The van der Waals surface area contributed by atoms with Gasteiger partial charge in [0.05, 0.1) is 11.3 Å². The molecule has 1 amide bonds. The third-order valence-electron chi connectivity index (χ3n) is 6.61. The van der Waals surface area contributed by atoms with Gasteiger partial charge in [-0.2, -0.15) is 0 Å². The molecule has 0 spiro atoms. The molecule has 0 bridgehead atoms. The van der Waals surface area contributed by atoms with Crippen molar-refractivity contribution < 1.29 is 13.2 Å². The van der Waals surface area contributed by atoms with Gasteiger partial charge in [-0.05, 0) is 93.0 Å². The van der Waals surface area contributed by atoms with E-state index in [9.17, 15) is 13.2 Å². The lowest BCUT2D eigenvalue weighted by Gasteiger charge is -2.30. The minimum atomic E-state index is -3.92. The van der Waals surface area contributed by atoms with E-state index < -0.39 is 10.0 Å². The summed E-state index contributed by atoms with van der Waals surface area (Å²) in [6.45, 7) is 1.60. The van der Waals surface area contributed by atoms with Crippen LogP contribution in [0.1, 0.15) is 52.9 Å². The van der Waals surface area contributed by atoms with Gasteiger partial charge >= 0.3 is 0 Å². The first-order valence-corrected chi connectivity index (χ1v) is 14.7. The Morgan fingerprint density at radius 3 is 2.40 bits per heavy atom. The van der Waals surface area contributed by atoms with E-state index in [-0.39, 0.29) is 10.8 Å². The Kier molecular flexibility index (Phi) is 7.05. The number of piperidine rings is 1. The Labute approximate surface area is 215 Å². The van der Waals surface area contributed by atoms with Crippen molar-refractivity contribution in [2.24, 2.45) is 0 Å². The lowest BCUT2D eigenvalue weighted by molar-refractivity contribution is 0.102. The first kappa shape index (κ1) is 24.2. The van der Waals surface area contributed by atoms with Crippen molar-refractivity contribution >= 4 is 55.9 Å². The highest BCUT2D eigenvalue weighted by atomic mass is 35.5. The van der Waals surface area contributed by atoms with Crippen molar-refractivity contribution in [1.82, 2.24) is 0 Å². The van der Waals surface area contributed by atoms with Crippen LogP contribution in [0.4, 0.5) is 17.1 Å². The summed E-state index contributed by atoms with van der Waals surface area (Å²) in [5.41, 5.74) is 3.38. The Bertz CT molecular complexity index is 1330. The summed E-state index contributed by atoms with van der Waals surface area (Å²) < 4.78 is 29.7. The second-order valence-electron chi connectivity index (χ2n) is 9.05. The van der Waals surface area contributed by atoms with Gasteiger partial charge in [0.15, 0.2) is 0 Å². The molecule has 0 atom stereocenters. The van der Waals surface area contributed by atoms with Gasteiger partial charge in [-0.1, -0.05) is 11.6 Å². The molecule has 3 aromatic rings. The summed E-state index contributed by atoms with van der Waals surface area (Å²) in [5, 5.41) is 5.40. The van der Waals surface area contributed by atoms with Gasteiger partial charge in [0.1, 0.15) is 4.90 Å². The van der Waals surface area contributed by atoms with Gasteiger partial charge in [-0.15, -0.1) is 11.3 Å². The monoisotopic (exact) mass is 529 g/mol. The normalized spacial score (nSPS) is 16.0. The van der Waals surface area contributed by atoms with Crippen LogP contribution >= 0.6 is 22.9 Å². The minimum Gasteiger partial charge on any atom is -0.370 e. The SMILES string of the molecule is O=C(Nc1ccc(N2CCCCC2)c(S(=O)(=O)Nc2ccc(Cl)cc2)c1)c1csc2c1CCCC2. The zero-order valence-electron chi connectivity index (χ0n) is 19.3. The van der Waals surface area contributed by atoms with Crippen LogP contribution in [0, 0.1) is 0 Å². The van der Waals surface area contributed by atoms with Crippen LogP contribution in [-0.2, 0) is 22.9 Å². The average Bonchev–Trinajstić information content (AvgIpc) is 3.30. The fourth-order valence-corrected chi connectivity index (χ4v) is 7.38. The maximum Gasteiger partial charge on any atom is 0.264 e. The number of sulfonamides is 1. The van der Waals surface area contributed by atoms with E-state index in [4.69, 9.17) is 11.6 Å². The smallest absolute Gasteiger partial charge is 0.264 e. The molecule has 2 aromatic carbocycles. The highest BCUT2D eigenvalue weighted by Crippen LogP contribution is 2.34. The number of hydrogen-bond donors (Lipinski definition) is 2. The van der Waals surface area contributed by atoms with E-state index in [1.165, 1.54) is 4.88 Å². The lowest BCUT2D eigenvalue weighted by Crippen LogP contribution is -2.31. The molecule has 9 heteroatoms. The highest BCUT2D eigenvalue weighted by Gasteiger charge is 2.25. The lowest BCUT2D eigenvalue weighted by atomic mass is 9.95. The highest BCUT2D eigenvalue weighted by molar-refractivity contribution is 7.92. The molecule has 35 heavy (non-hydrogen) atoms. The molecule has 0 unspecified atom stereocenters. The summed E-state index contributed by atoms with van der Waals surface area (Å²) in [6, 6.07) is 11.7. The molecule has 1 saturated heterocycles. The Hall–Kier alpha value is -2.55. The summed E-state index contributed by atoms with van der Waals surface area (Å²) in [7, 11) is -3.92. The fourth-order valence-electron chi connectivity index (χ4n) is 4.81. The molecule has 2 N–H and O–H groups in total. The molecular weight excluding hydrogens is 502 g/mol. The van der Waals surface area contributed by atoms with Gasteiger partial charge in [0.25, 0.3) is 15.9 Å². The number of hydrogen-bond acceptors (Lipinski definition) is 5. The largest absolute Gasteiger partial charge is 0.370 e. The minimum absolute atomic E-state index is 0.152. The van der Waals surface area contributed by atoms with Crippen molar-refractivity contribution in [3.63, 3.8) is 0 Å². The molecule has 2 aliphatic rings. The molecular formula is C26H28ClN3O3S2. The van der Waals surface area contributed by atoms with Crippen LogP contribution in [0.15, 0.2) is 52.7 Å². The van der Waals surface area contributed by atoms with E-state index in [0.29, 0.717) is 27.6 Å². The number of aryl methyl sites for hydroxylation is 1. The number of fused-ring (bicyclic) bond motifs is 1. The molecule has 1 fully saturated rings. The van der Waals surface area contributed by atoms with Gasteiger partial charge in [0, 0.05) is 39.7 Å². The summed E-state index contributed by atoms with van der Waals surface area (Å²) in [6.07, 6.45) is 7.37. The third kappa shape index (κ3) is 5.34. The summed E-state index contributed by atoms with van der Waals surface area (Å²) in [5.74, 6) is -0.191. The maximum absolute atomic E-state index is 13.5. The molecule has 1 aliphatic heterocycles. The second-order valence-corrected chi connectivity index (χ2v) is 12.1. The molecule has 6 nitrogen and oxygen atoms in total. The molecule has 5 rings (SSSR count). The van der Waals surface area contributed by atoms with Crippen LogP contribution in [0.25, 0.3) is 0 Å². The van der Waals surface area contributed by atoms with E-state index >= 15 is 0 Å². The van der Waals surface area contributed by atoms with Gasteiger partial charge < -0.3 is 10.2 Å². The zero-order valence-corrected chi connectivity index (χ0v) is 21.7. The zero-order chi connectivity index (χ0) is 24.4. The molecule has 0 radical (unpaired) electrons. The fraction of sp³-hybridized carbons (Fsp3) is 0.346. The molecule has 1 aliphatic carbocycles. The van der Waals surface area contributed by atoms with E-state index in [2.05, 4.69) is 14.9 Å². The number of benzene rings is 2. The van der Waals surface area contributed by atoms with Crippen molar-refractivity contribution in [3.05, 3.63) is 68.9 Å². The van der Waals surface area contributed by atoms with Crippen molar-refractivity contribution in [1.29, 1.82) is 0 Å². The predicted octanol–water partition coefficient (Wildman–Crippen LogP) is 6.32. The third-order valence-corrected chi connectivity index (χ3v) is 9.36. The van der Waals surface area contributed by atoms with Crippen LogP contribution in [-0.4, -0.2) is 27.4 Å². The summed E-state index contributed by atoms with van der Waals surface area (Å²) >= 11 is 7.60. The van der Waals surface area contributed by atoms with Gasteiger partial charge in [-0.3, -0.25) is 9.52 Å².